The summed E-state index contributed by atoms with van der Waals surface area (Å²) in [6, 6.07) is 8.33. The summed E-state index contributed by atoms with van der Waals surface area (Å²) in [5, 5.41) is 9.26. The average molecular weight is 250 g/mol. The fourth-order valence-electron chi connectivity index (χ4n) is 2.10. The largest absolute Gasteiger partial charge is 0.480 e. The zero-order chi connectivity index (χ0) is 12.3. The van der Waals surface area contributed by atoms with E-state index in [1.807, 2.05) is 0 Å². The van der Waals surface area contributed by atoms with Gasteiger partial charge in [-0.25, -0.2) is 0 Å². The lowest BCUT2D eigenvalue weighted by molar-refractivity contribution is -0.142. The van der Waals surface area contributed by atoms with Crippen molar-refractivity contribution in [3.8, 4) is 0 Å². The molecule has 0 bridgehead atoms. The first-order valence-electron chi connectivity index (χ1n) is 6.18. The van der Waals surface area contributed by atoms with Crippen LogP contribution in [0.5, 0.6) is 0 Å². The Bertz CT molecular complexity index is 393. The van der Waals surface area contributed by atoms with E-state index in [9.17, 15) is 9.90 Å². The monoisotopic (exact) mass is 250 g/mol. The Kier molecular flexibility index (Phi) is 3.77. The Labute approximate surface area is 106 Å². The Morgan fingerprint density at radius 2 is 2.00 bits per heavy atom. The van der Waals surface area contributed by atoms with E-state index >= 15 is 0 Å². The first-order chi connectivity index (χ1) is 8.16. The van der Waals surface area contributed by atoms with Gasteiger partial charge in [0.05, 0.1) is 0 Å². The zero-order valence-corrected chi connectivity index (χ0v) is 10.9. The Hall–Kier alpha value is -0.960. The molecule has 2 nitrogen and oxygen atoms in total. The van der Waals surface area contributed by atoms with Crippen LogP contribution < -0.4 is 0 Å². The van der Waals surface area contributed by atoms with Crippen molar-refractivity contribution < 1.29 is 9.90 Å². The van der Waals surface area contributed by atoms with Gasteiger partial charge in [0.2, 0.25) is 0 Å². The standard InChI is InChI=1S/C14H18O2S/c1-2-4-11-5-7-12(8-6-11)17-14(13(15)16)9-3-10-14/h5-8H,2-4,9-10H2,1H3,(H,15,16). The average Bonchev–Trinajstić information content (AvgIpc) is 2.25. The molecule has 1 fully saturated rings. The van der Waals surface area contributed by atoms with Crippen LogP contribution in [0.25, 0.3) is 0 Å². The van der Waals surface area contributed by atoms with Crippen molar-refractivity contribution in [2.24, 2.45) is 0 Å². The topological polar surface area (TPSA) is 37.3 Å². The van der Waals surface area contributed by atoms with E-state index in [0.29, 0.717) is 0 Å². The van der Waals surface area contributed by atoms with Crippen LogP contribution in [0.4, 0.5) is 0 Å². The number of carbonyl (C=O) groups is 1. The molecule has 92 valence electrons. The molecule has 0 aliphatic heterocycles. The first kappa shape index (κ1) is 12.5. The normalized spacial score (nSPS) is 17.5. The number of carboxylic acids is 1. The highest BCUT2D eigenvalue weighted by Gasteiger charge is 2.45. The fourth-order valence-corrected chi connectivity index (χ4v) is 3.40. The van der Waals surface area contributed by atoms with Gasteiger partial charge >= 0.3 is 5.97 Å². The predicted molar refractivity (Wildman–Crippen MR) is 70.5 cm³/mol. The molecule has 2 rings (SSSR count). The quantitative estimate of drug-likeness (QED) is 0.865. The third-order valence-electron chi connectivity index (χ3n) is 3.33. The van der Waals surface area contributed by atoms with Gasteiger partial charge in [-0.15, -0.1) is 11.8 Å². The second kappa shape index (κ2) is 5.13. The minimum absolute atomic E-state index is 0.549. The lowest BCUT2D eigenvalue weighted by Gasteiger charge is -2.36. The van der Waals surface area contributed by atoms with Gasteiger partial charge in [0, 0.05) is 4.90 Å². The maximum Gasteiger partial charge on any atom is 0.320 e. The number of rotatable bonds is 5. The van der Waals surface area contributed by atoms with Gasteiger partial charge in [-0.05, 0) is 43.4 Å². The van der Waals surface area contributed by atoms with Crippen molar-refractivity contribution in [2.75, 3.05) is 0 Å². The van der Waals surface area contributed by atoms with Crippen LogP contribution in [0.1, 0.15) is 38.2 Å². The molecule has 17 heavy (non-hydrogen) atoms. The van der Waals surface area contributed by atoms with Crippen LogP contribution in [0.15, 0.2) is 29.2 Å². The number of aliphatic carboxylic acids is 1. The smallest absolute Gasteiger partial charge is 0.320 e. The van der Waals surface area contributed by atoms with Gasteiger partial charge in [-0.3, -0.25) is 4.79 Å². The van der Waals surface area contributed by atoms with Crippen LogP contribution in [0.2, 0.25) is 0 Å². The van der Waals surface area contributed by atoms with Gasteiger partial charge in [0.25, 0.3) is 0 Å². The SMILES string of the molecule is CCCc1ccc(SC2(C(=O)O)CCC2)cc1. The van der Waals surface area contributed by atoms with Crippen molar-refractivity contribution >= 4 is 17.7 Å². The summed E-state index contributed by atoms with van der Waals surface area (Å²) >= 11 is 1.51. The summed E-state index contributed by atoms with van der Waals surface area (Å²) in [6.45, 7) is 2.16. The van der Waals surface area contributed by atoms with Crippen LogP contribution in [0.3, 0.4) is 0 Å². The number of aryl methyl sites for hydroxylation is 1. The van der Waals surface area contributed by atoms with Crippen LogP contribution in [-0.4, -0.2) is 15.8 Å². The lowest BCUT2D eigenvalue weighted by Crippen LogP contribution is -2.41. The summed E-state index contributed by atoms with van der Waals surface area (Å²) in [5.41, 5.74) is 1.33. The molecule has 0 heterocycles. The van der Waals surface area contributed by atoms with E-state index in [4.69, 9.17) is 0 Å². The second-order valence-electron chi connectivity index (χ2n) is 4.65. The number of hydrogen-bond acceptors (Lipinski definition) is 2. The number of hydrogen-bond donors (Lipinski definition) is 1. The fraction of sp³-hybridized carbons (Fsp3) is 0.500. The Balaban J connectivity index is 2.05. The third-order valence-corrected chi connectivity index (χ3v) is 4.81. The first-order valence-corrected chi connectivity index (χ1v) is 6.99. The number of benzene rings is 1. The van der Waals surface area contributed by atoms with Gasteiger partial charge in [-0.1, -0.05) is 25.5 Å². The molecule has 1 aromatic rings. The summed E-state index contributed by atoms with van der Waals surface area (Å²) in [4.78, 5) is 12.3. The molecule has 0 amide bonds. The molecule has 0 saturated heterocycles. The third kappa shape index (κ3) is 2.65. The highest BCUT2D eigenvalue weighted by atomic mass is 32.2. The van der Waals surface area contributed by atoms with Crippen molar-refractivity contribution in [1.82, 2.24) is 0 Å². The molecule has 0 aromatic heterocycles. The van der Waals surface area contributed by atoms with Crippen LogP contribution >= 0.6 is 11.8 Å². The zero-order valence-electron chi connectivity index (χ0n) is 10.1. The molecule has 0 atom stereocenters. The molecular formula is C14H18O2S. The number of carboxylic acid groups (broad SMARTS) is 1. The summed E-state index contributed by atoms with van der Waals surface area (Å²) in [7, 11) is 0. The minimum atomic E-state index is -0.661. The summed E-state index contributed by atoms with van der Waals surface area (Å²) < 4.78 is -0.549. The van der Waals surface area contributed by atoms with Crippen molar-refractivity contribution in [3.05, 3.63) is 29.8 Å². The molecule has 0 spiro atoms. The van der Waals surface area contributed by atoms with E-state index in [2.05, 4.69) is 31.2 Å². The highest BCUT2D eigenvalue weighted by molar-refractivity contribution is 8.01. The van der Waals surface area contributed by atoms with E-state index in [1.54, 1.807) is 0 Å². The molecular weight excluding hydrogens is 232 g/mol. The van der Waals surface area contributed by atoms with Gasteiger partial charge in [0.15, 0.2) is 0 Å². The highest BCUT2D eigenvalue weighted by Crippen LogP contribution is 2.47. The molecule has 0 unspecified atom stereocenters. The van der Waals surface area contributed by atoms with E-state index in [0.717, 1.165) is 37.0 Å². The molecule has 1 aliphatic carbocycles. The van der Waals surface area contributed by atoms with Crippen molar-refractivity contribution in [2.45, 2.75) is 48.7 Å². The van der Waals surface area contributed by atoms with Crippen LogP contribution in [-0.2, 0) is 11.2 Å². The van der Waals surface area contributed by atoms with E-state index in [-0.39, 0.29) is 0 Å². The molecule has 1 saturated carbocycles. The van der Waals surface area contributed by atoms with Crippen molar-refractivity contribution in [3.63, 3.8) is 0 Å². The second-order valence-corrected chi connectivity index (χ2v) is 6.11. The van der Waals surface area contributed by atoms with Gasteiger partial charge in [-0.2, -0.15) is 0 Å². The molecule has 1 N–H and O–H groups in total. The van der Waals surface area contributed by atoms with Crippen molar-refractivity contribution in [1.29, 1.82) is 0 Å². The van der Waals surface area contributed by atoms with E-state index in [1.165, 1.54) is 17.3 Å². The Morgan fingerprint density at radius 1 is 1.35 bits per heavy atom. The number of thioether (sulfide) groups is 1. The summed E-state index contributed by atoms with van der Waals surface area (Å²) in [5.74, 6) is -0.661. The maximum atomic E-state index is 11.3. The Morgan fingerprint density at radius 3 is 2.41 bits per heavy atom. The lowest BCUT2D eigenvalue weighted by atomic mass is 9.84. The molecule has 1 aliphatic rings. The molecule has 3 heteroatoms. The predicted octanol–water partition coefficient (Wildman–Crippen LogP) is 3.74. The van der Waals surface area contributed by atoms with E-state index < -0.39 is 10.7 Å². The van der Waals surface area contributed by atoms with Gasteiger partial charge in [0.1, 0.15) is 4.75 Å². The molecule has 1 aromatic carbocycles. The maximum absolute atomic E-state index is 11.3. The molecule has 0 radical (unpaired) electrons. The summed E-state index contributed by atoms with van der Waals surface area (Å²) in [6.07, 6.45) is 4.86. The van der Waals surface area contributed by atoms with Crippen LogP contribution in [0, 0.1) is 0 Å². The van der Waals surface area contributed by atoms with Gasteiger partial charge < -0.3 is 5.11 Å². The minimum Gasteiger partial charge on any atom is -0.480 e.